The van der Waals surface area contributed by atoms with Crippen molar-refractivity contribution in [2.45, 2.75) is 97.4 Å². The Morgan fingerprint density at radius 1 is 0.677 bits per heavy atom. The molecule has 5 unspecified atom stereocenters. The Kier molecular flexibility index (Phi) is 12.6. The lowest BCUT2D eigenvalue weighted by Gasteiger charge is -2.45. The van der Waals surface area contributed by atoms with Crippen LogP contribution in [0.2, 0.25) is 20.1 Å². The normalized spacial score (nSPS) is 25.4. The molecule has 12 nitrogen and oxygen atoms in total. The van der Waals surface area contributed by atoms with Gasteiger partial charge >= 0.3 is 0 Å². The van der Waals surface area contributed by atoms with Gasteiger partial charge in [0.2, 0.25) is 0 Å². The predicted octanol–water partition coefficient (Wildman–Crippen LogP) is 10.5. The van der Waals surface area contributed by atoms with Gasteiger partial charge < -0.3 is 9.80 Å². The van der Waals surface area contributed by atoms with Gasteiger partial charge in [-0.05, 0) is 113 Å². The number of likely N-dealkylation sites (tertiary alicyclic amines) is 1. The monoisotopic (exact) mass is 954 g/mol. The Bertz CT molecular complexity index is 2740. The minimum atomic E-state index is -0.156. The van der Waals surface area contributed by atoms with E-state index in [1.165, 1.54) is 0 Å². The molecular formula is C49H58Cl4N12. The van der Waals surface area contributed by atoms with Crippen LogP contribution < -0.4 is 9.80 Å². The lowest BCUT2D eigenvalue weighted by molar-refractivity contribution is 0.137. The summed E-state index contributed by atoms with van der Waals surface area (Å²) >= 11 is 26.5. The average molecular weight is 957 g/mol. The van der Waals surface area contributed by atoms with Gasteiger partial charge in [-0.15, -0.1) is 0 Å². The first kappa shape index (κ1) is 44.8. The fourth-order valence-corrected chi connectivity index (χ4v) is 12.5. The number of fused-ring (bicyclic) bond motifs is 2. The first-order valence-electron chi connectivity index (χ1n) is 23.3. The van der Waals surface area contributed by atoms with Crippen LogP contribution in [-0.4, -0.2) is 113 Å². The van der Waals surface area contributed by atoms with E-state index in [0.29, 0.717) is 49.9 Å². The lowest BCUT2D eigenvalue weighted by Crippen LogP contribution is -2.53. The van der Waals surface area contributed by atoms with Crippen molar-refractivity contribution in [3.63, 3.8) is 0 Å². The number of halogens is 4. The molecule has 0 radical (unpaired) electrons. The molecule has 6 aromatic rings. The lowest BCUT2D eigenvalue weighted by atomic mass is 9.88. The average Bonchev–Trinajstić information content (AvgIpc) is 4.11. The molecule has 4 aliphatic heterocycles. The molecule has 4 aliphatic rings. The highest BCUT2D eigenvalue weighted by Crippen LogP contribution is 2.40. The van der Waals surface area contributed by atoms with Crippen LogP contribution in [0.3, 0.4) is 0 Å². The van der Waals surface area contributed by atoms with E-state index in [2.05, 4.69) is 70.2 Å². The number of hydrogen-bond donors (Lipinski definition) is 0. The van der Waals surface area contributed by atoms with Gasteiger partial charge in [0.05, 0.1) is 35.9 Å². The summed E-state index contributed by atoms with van der Waals surface area (Å²) < 4.78 is 4.06. The summed E-state index contributed by atoms with van der Waals surface area (Å²) in [5, 5.41) is 12.5. The van der Waals surface area contributed by atoms with Crippen LogP contribution in [-0.2, 0) is 0 Å². The van der Waals surface area contributed by atoms with Crippen molar-refractivity contribution in [3.05, 3.63) is 104 Å². The van der Waals surface area contributed by atoms with Crippen LogP contribution in [0, 0.1) is 31.6 Å². The quantitative estimate of drug-likeness (QED) is 0.123. The second-order valence-electron chi connectivity index (χ2n) is 19.3. The van der Waals surface area contributed by atoms with Crippen molar-refractivity contribution >= 4 is 80.4 Å². The summed E-state index contributed by atoms with van der Waals surface area (Å²) in [5.74, 6) is 3.14. The van der Waals surface area contributed by atoms with Crippen molar-refractivity contribution < 1.29 is 0 Å². The predicted molar refractivity (Wildman–Crippen MR) is 264 cm³/mol. The number of nitrogens with zero attached hydrogens (tertiary/aromatic N) is 12. The zero-order valence-electron chi connectivity index (χ0n) is 38.0. The molecule has 0 saturated carbocycles. The molecule has 0 N–H and O–H groups in total. The fourth-order valence-electron chi connectivity index (χ4n) is 11.4. The van der Waals surface area contributed by atoms with Crippen molar-refractivity contribution in [2.24, 2.45) is 17.8 Å². The van der Waals surface area contributed by atoms with E-state index in [1.807, 2.05) is 55.2 Å². The molecular weight excluding hydrogens is 898 g/mol. The molecule has 4 aromatic heterocycles. The van der Waals surface area contributed by atoms with Gasteiger partial charge in [0.25, 0.3) is 0 Å². The van der Waals surface area contributed by atoms with E-state index in [9.17, 15) is 0 Å². The van der Waals surface area contributed by atoms with E-state index in [4.69, 9.17) is 76.5 Å². The minimum Gasteiger partial charge on any atom is -0.355 e. The Labute approximate surface area is 401 Å². The number of benzene rings is 2. The number of hydrogen-bond acceptors (Lipinski definition) is 10. The number of piperidine rings is 2. The Hall–Kier alpha value is -4.04. The van der Waals surface area contributed by atoms with Crippen LogP contribution in [0.4, 0.5) is 11.6 Å². The smallest absolute Gasteiger partial charge is 0.179 e. The summed E-state index contributed by atoms with van der Waals surface area (Å²) in [6.45, 7) is 20.1. The third-order valence-electron chi connectivity index (χ3n) is 14.9. The van der Waals surface area contributed by atoms with Crippen LogP contribution in [0.5, 0.6) is 0 Å². The molecule has 342 valence electrons. The van der Waals surface area contributed by atoms with Gasteiger partial charge in [0, 0.05) is 77.5 Å². The summed E-state index contributed by atoms with van der Waals surface area (Å²) in [7, 11) is 0. The van der Waals surface area contributed by atoms with Gasteiger partial charge in [0.1, 0.15) is 22.7 Å². The molecule has 0 bridgehead atoms. The Morgan fingerprint density at radius 3 is 1.97 bits per heavy atom. The van der Waals surface area contributed by atoms with Gasteiger partial charge in [-0.25, -0.2) is 29.3 Å². The minimum absolute atomic E-state index is 0.139. The standard InChI is InChI=1S/C49H58Cl4N12/c1-28-25-62(18-14-41(28)60-15-7-8-16-60)44-23-54-47-32(5)59-65(49(47)56-44)43(38-12-10-36(51)22-40(38)53)20-34-13-17-61(27-34)42-19-30(3)63(26-29(42)2)45-24-55-46-31(4)58-64(48(46)57-45)33(6)37-11-9-35(50)21-39(37)52/h7-12,21-24,28-30,33-34,41-43H,13-20,25-27H2,1-6H3/t28-,29?,30+,33?,34?,41+,42?,43?/m1/s1. The second-order valence-corrected chi connectivity index (χ2v) is 20.9. The molecule has 2 aromatic carbocycles. The van der Waals surface area contributed by atoms with Crippen molar-refractivity contribution in [3.8, 4) is 0 Å². The largest absolute Gasteiger partial charge is 0.355 e. The van der Waals surface area contributed by atoms with Crippen LogP contribution in [0.1, 0.15) is 88.0 Å². The summed E-state index contributed by atoms with van der Waals surface area (Å²) in [4.78, 5) is 30.7. The van der Waals surface area contributed by atoms with E-state index < -0.39 is 0 Å². The van der Waals surface area contributed by atoms with E-state index in [-0.39, 0.29) is 18.1 Å². The number of aryl methyl sites for hydroxylation is 2. The SMILES string of the molecule is Cc1nn(C(C)c2ccc(Cl)cc2Cl)c2nc(N3CC(C)C(N4CCC(CC(c5ccc(Cl)cc5Cl)n5nc(C)c6ncc(N7CC[C@H](N8CC=CC8)[C@H](C)C7)nc65)C4)C[C@@H]3C)cnc12. The van der Waals surface area contributed by atoms with Gasteiger partial charge in [-0.1, -0.05) is 84.5 Å². The molecule has 65 heavy (non-hydrogen) atoms. The zero-order chi connectivity index (χ0) is 45.3. The van der Waals surface area contributed by atoms with Gasteiger partial charge in [0.15, 0.2) is 11.3 Å². The van der Waals surface area contributed by atoms with Gasteiger partial charge in [-0.2, -0.15) is 10.2 Å². The van der Waals surface area contributed by atoms with Gasteiger partial charge in [-0.3, -0.25) is 9.80 Å². The Balaban J connectivity index is 0.867. The van der Waals surface area contributed by atoms with Crippen molar-refractivity contribution in [2.75, 3.05) is 55.6 Å². The Morgan fingerprint density at radius 2 is 1.29 bits per heavy atom. The maximum atomic E-state index is 7.08. The maximum Gasteiger partial charge on any atom is 0.179 e. The highest BCUT2D eigenvalue weighted by Gasteiger charge is 2.40. The molecule has 8 heterocycles. The molecule has 0 spiro atoms. The van der Waals surface area contributed by atoms with E-state index in [0.717, 1.165) is 128 Å². The molecule has 0 amide bonds. The van der Waals surface area contributed by atoms with Crippen molar-refractivity contribution in [1.29, 1.82) is 0 Å². The zero-order valence-corrected chi connectivity index (χ0v) is 41.1. The van der Waals surface area contributed by atoms with E-state index >= 15 is 0 Å². The molecule has 10 rings (SSSR count). The summed E-state index contributed by atoms with van der Waals surface area (Å²) in [5.41, 5.74) is 6.85. The second kappa shape index (κ2) is 18.2. The van der Waals surface area contributed by atoms with Crippen LogP contribution in [0.25, 0.3) is 22.3 Å². The first-order chi connectivity index (χ1) is 31.3. The number of aromatic nitrogens is 8. The topological polar surface area (TPSA) is 100 Å². The molecule has 8 atom stereocenters. The summed E-state index contributed by atoms with van der Waals surface area (Å²) in [6.07, 6.45) is 12.5. The first-order valence-corrected chi connectivity index (χ1v) is 24.8. The fraction of sp³-hybridized carbons (Fsp3) is 0.510. The number of rotatable bonds is 10. The number of anilines is 2. The maximum absolute atomic E-state index is 7.08. The van der Waals surface area contributed by atoms with Crippen LogP contribution in [0.15, 0.2) is 60.9 Å². The molecule has 16 heteroatoms. The molecule has 3 fully saturated rings. The van der Waals surface area contributed by atoms with Crippen LogP contribution >= 0.6 is 46.4 Å². The third kappa shape index (κ3) is 8.61. The molecule has 0 aliphatic carbocycles. The highest BCUT2D eigenvalue weighted by atomic mass is 35.5. The summed E-state index contributed by atoms with van der Waals surface area (Å²) in [6, 6.07) is 12.5. The van der Waals surface area contributed by atoms with E-state index in [1.54, 1.807) is 6.07 Å². The highest BCUT2D eigenvalue weighted by molar-refractivity contribution is 6.35. The third-order valence-corrected chi connectivity index (χ3v) is 16.0. The van der Waals surface area contributed by atoms with Crippen molar-refractivity contribution in [1.82, 2.24) is 49.3 Å². The molecule has 3 saturated heterocycles.